The molecule has 100 valence electrons. The van der Waals surface area contributed by atoms with Crippen molar-refractivity contribution >= 4 is 5.69 Å². The van der Waals surface area contributed by atoms with Gasteiger partial charge >= 0.3 is 0 Å². The second kappa shape index (κ2) is 6.05. The van der Waals surface area contributed by atoms with E-state index in [9.17, 15) is 5.11 Å². The maximum Gasteiger partial charge on any atom is 0.160 e. The SMILES string of the molecule is COc1cnc(C)cc1NCC1CCC(O)CC1. The number of aryl methyl sites for hydroxylation is 1. The summed E-state index contributed by atoms with van der Waals surface area (Å²) in [5.74, 6) is 1.43. The molecule has 4 heteroatoms. The summed E-state index contributed by atoms with van der Waals surface area (Å²) in [4.78, 5) is 4.22. The van der Waals surface area contributed by atoms with Gasteiger partial charge in [0.25, 0.3) is 0 Å². The zero-order valence-corrected chi connectivity index (χ0v) is 11.1. The third-order valence-electron chi connectivity index (χ3n) is 3.62. The zero-order valence-electron chi connectivity index (χ0n) is 11.1. The largest absolute Gasteiger partial charge is 0.493 e. The van der Waals surface area contributed by atoms with E-state index >= 15 is 0 Å². The monoisotopic (exact) mass is 250 g/mol. The van der Waals surface area contributed by atoms with Gasteiger partial charge in [-0.15, -0.1) is 0 Å². The lowest BCUT2D eigenvalue weighted by molar-refractivity contribution is 0.111. The Balaban J connectivity index is 1.91. The third kappa shape index (κ3) is 3.35. The smallest absolute Gasteiger partial charge is 0.160 e. The minimum Gasteiger partial charge on any atom is -0.493 e. The van der Waals surface area contributed by atoms with Crippen molar-refractivity contribution in [3.05, 3.63) is 18.0 Å². The average molecular weight is 250 g/mol. The molecule has 0 radical (unpaired) electrons. The van der Waals surface area contributed by atoms with Gasteiger partial charge in [-0.05, 0) is 44.6 Å². The molecule has 1 fully saturated rings. The minimum atomic E-state index is -0.0843. The Morgan fingerprint density at radius 1 is 1.39 bits per heavy atom. The number of methoxy groups -OCH3 is 1. The van der Waals surface area contributed by atoms with E-state index in [-0.39, 0.29) is 6.10 Å². The fourth-order valence-corrected chi connectivity index (χ4v) is 2.45. The van der Waals surface area contributed by atoms with E-state index in [0.29, 0.717) is 5.92 Å². The van der Waals surface area contributed by atoms with Crippen LogP contribution in [0, 0.1) is 12.8 Å². The summed E-state index contributed by atoms with van der Waals surface area (Å²) in [6.07, 6.45) is 5.72. The van der Waals surface area contributed by atoms with Crippen LogP contribution in [0.25, 0.3) is 0 Å². The Kier molecular flexibility index (Phi) is 4.42. The Labute approximate surface area is 108 Å². The molecule has 1 aromatic rings. The first-order valence-electron chi connectivity index (χ1n) is 6.61. The second-order valence-electron chi connectivity index (χ2n) is 5.08. The van der Waals surface area contributed by atoms with Gasteiger partial charge in [-0.2, -0.15) is 0 Å². The molecule has 0 aromatic carbocycles. The fraction of sp³-hybridized carbons (Fsp3) is 0.643. The molecule has 1 aromatic heterocycles. The van der Waals surface area contributed by atoms with Crippen molar-refractivity contribution in [3.8, 4) is 5.75 Å². The molecule has 1 aliphatic rings. The first-order chi connectivity index (χ1) is 8.69. The summed E-state index contributed by atoms with van der Waals surface area (Å²) in [5, 5.41) is 12.9. The maximum atomic E-state index is 9.48. The summed E-state index contributed by atoms with van der Waals surface area (Å²) in [5.41, 5.74) is 1.99. The van der Waals surface area contributed by atoms with Gasteiger partial charge in [-0.25, -0.2) is 0 Å². The summed E-state index contributed by atoms with van der Waals surface area (Å²) < 4.78 is 5.29. The number of rotatable bonds is 4. The average Bonchev–Trinajstić information content (AvgIpc) is 2.38. The lowest BCUT2D eigenvalue weighted by atomic mass is 9.87. The lowest BCUT2D eigenvalue weighted by Crippen LogP contribution is -2.23. The van der Waals surface area contributed by atoms with Crippen LogP contribution < -0.4 is 10.1 Å². The van der Waals surface area contributed by atoms with E-state index in [4.69, 9.17) is 4.74 Å². The predicted octanol–water partition coefficient (Wildman–Crippen LogP) is 2.36. The Hall–Kier alpha value is -1.29. The van der Waals surface area contributed by atoms with Crippen molar-refractivity contribution in [2.45, 2.75) is 38.7 Å². The Bertz CT molecular complexity index is 387. The molecule has 0 saturated heterocycles. The Morgan fingerprint density at radius 3 is 2.78 bits per heavy atom. The van der Waals surface area contributed by atoms with Crippen LogP contribution in [0.15, 0.2) is 12.3 Å². The van der Waals surface area contributed by atoms with Crippen molar-refractivity contribution in [2.24, 2.45) is 5.92 Å². The molecule has 0 bridgehead atoms. The highest BCUT2D eigenvalue weighted by molar-refractivity contribution is 5.55. The molecule has 0 amide bonds. The molecule has 1 aliphatic carbocycles. The second-order valence-corrected chi connectivity index (χ2v) is 5.08. The number of aromatic nitrogens is 1. The fourth-order valence-electron chi connectivity index (χ4n) is 2.45. The zero-order chi connectivity index (χ0) is 13.0. The van der Waals surface area contributed by atoms with E-state index in [1.54, 1.807) is 13.3 Å². The molecule has 2 N–H and O–H groups in total. The molecule has 18 heavy (non-hydrogen) atoms. The quantitative estimate of drug-likeness (QED) is 0.861. The van der Waals surface area contributed by atoms with Crippen molar-refractivity contribution in [2.75, 3.05) is 19.0 Å². The van der Waals surface area contributed by atoms with Crippen LogP contribution in [0.5, 0.6) is 5.75 Å². The normalized spacial score (nSPS) is 23.7. The van der Waals surface area contributed by atoms with E-state index in [0.717, 1.165) is 49.4 Å². The summed E-state index contributed by atoms with van der Waals surface area (Å²) in [6.45, 7) is 2.91. The number of ether oxygens (including phenoxy) is 1. The van der Waals surface area contributed by atoms with E-state index in [1.807, 2.05) is 13.0 Å². The van der Waals surface area contributed by atoms with Crippen LogP contribution in [0.4, 0.5) is 5.69 Å². The van der Waals surface area contributed by atoms with Crippen LogP contribution in [0.2, 0.25) is 0 Å². The summed E-state index contributed by atoms with van der Waals surface area (Å²) in [7, 11) is 1.66. The Morgan fingerprint density at radius 2 is 2.11 bits per heavy atom. The number of aliphatic hydroxyl groups excluding tert-OH is 1. The number of hydrogen-bond donors (Lipinski definition) is 2. The molecular formula is C14H22N2O2. The van der Waals surface area contributed by atoms with Crippen LogP contribution in [-0.2, 0) is 0 Å². The summed E-state index contributed by atoms with van der Waals surface area (Å²) >= 11 is 0. The van der Waals surface area contributed by atoms with Gasteiger partial charge in [-0.3, -0.25) is 4.98 Å². The van der Waals surface area contributed by atoms with Gasteiger partial charge in [0.1, 0.15) is 0 Å². The molecule has 4 nitrogen and oxygen atoms in total. The van der Waals surface area contributed by atoms with Gasteiger partial charge in [0.05, 0.1) is 25.1 Å². The lowest BCUT2D eigenvalue weighted by Gasteiger charge is -2.26. The molecule has 0 spiro atoms. The van der Waals surface area contributed by atoms with Crippen LogP contribution in [0.1, 0.15) is 31.4 Å². The number of nitrogens with one attached hydrogen (secondary N) is 1. The highest BCUT2D eigenvalue weighted by Crippen LogP contribution is 2.27. The van der Waals surface area contributed by atoms with Crippen molar-refractivity contribution < 1.29 is 9.84 Å². The third-order valence-corrected chi connectivity index (χ3v) is 3.62. The number of aliphatic hydroxyl groups is 1. The topological polar surface area (TPSA) is 54.4 Å². The highest BCUT2D eigenvalue weighted by Gasteiger charge is 2.19. The molecule has 0 aliphatic heterocycles. The number of anilines is 1. The van der Waals surface area contributed by atoms with Crippen LogP contribution >= 0.6 is 0 Å². The molecular weight excluding hydrogens is 228 g/mol. The van der Waals surface area contributed by atoms with Crippen molar-refractivity contribution in [1.29, 1.82) is 0 Å². The first-order valence-corrected chi connectivity index (χ1v) is 6.61. The van der Waals surface area contributed by atoms with E-state index in [2.05, 4.69) is 10.3 Å². The first kappa shape index (κ1) is 13.1. The highest BCUT2D eigenvalue weighted by atomic mass is 16.5. The van der Waals surface area contributed by atoms with Crippen LogP contribution in [-0.4, -0.2) is 29.8 Å². The van der Waals surface area contributed by atoms with Crippen molar-refractivity contribution in [1.82, 2.24) is 4.98 Å². The van der Waals surface area contributed by atoms with Gasteiger partial charge < -0.3 is 15.2 Å². The van der Waals surface area contributed by atoms with E-state index in [1.165, 1.54) is 0 Å². The number of hydrogen-bond acceptors (Lipinski definition) is 4. The minimum absolute atomic E-state index is 0.0843. The van der Waals surface area contributed by atoms with Gasteiger partial charge in [-0.1, -0.05) is 0 Å². The van der Waals surface area contributed by atoms with Crippen molar-refractivity contribution in [3.63, 3.8) is 0 Å². The number of pyridine rings is 1. The molecule has 1 saturated carbocycles. The summed E-state index contributed by atoms with van der Waals surface area (Å²) in [6, 6.07) is 2.01. The molecule has 0 unspecified atom stereocenters. The number of nitrogens with zero attached hydrogens (tertiary/aromatic N) is 1. The van der Waals surface area contributed by atoms with E-state index < -0.39 is 0 Å². The van der Waals surface area contributed by atoms with Gasteiger partial charge in [0.2, 0.25) is 0 Å². The van der Waals surface area contributed by atoms with Crippen LogP contribution in [0.3, 0.4) is 0 Å². The maximum absolute atomic E-state index is 9.48. The predicted molar refractivity (Wildman–Crippen MR) is 72.0 cm³/mol. The van der Waals surface area contributed by atoms with Gasteiger partial charge in [0, 0.05) is 12.2 Å². The van der Waals surface area contributed by atoms with Gasteiger partial charge in [0.15, 0.2) is 5.75 Å². The standard InChI is InChI=1S/C14H22N2O2/c1-10-7-13(14(18-2)9-15-10)16-8-11-3-5-12(17)6-4-11/h7,9,11-12,17H,3-6,8H2,1-2H3,(H,15,16). The molecule has 2 rings (SSSR count). The molecule has 0 atom stereocenters. The molecule has 1 heterocycles.